The van der Waals surface area contributed by atoms with Gasteiger partial charge in [-0.3, -0.25) is 0 Å². The Bertz CT molecular complexity index is 774. The first-order chi connectivity index (χ1) is 10.4. The van der Waals surface area contributed by atoms with Crippen LogP contribution in [0.1, 0.15) is 0 Å². The molecule has 1 fully saturated rings. The number of anilines is 1. The number of aromatic nitrogens is 4. The van der Waals surface area contributed by atoms with E-state index in [2.05, 4.69) is 20.3 Å². The molecular weight excluding hydrogens is 308 g/mol. The SMILES string of the molecule is Cn1cnc2cnc(NCC3CN(S(C)(=O)=O)CCO3)nc21. The maximum atomic E-state index is 11.6. The molecule has 0 aliphatic carbocycles. The summed E-state index contributed by atoms with van der Waals surface area (Å²) in [5.41, 5.74) is 1.46. The number of morpholine rings is 1. The molecule has 0 saturated carbocycles. The number of aryl methyl sites for hydroxylation is 1. The molecule has 22 heavy (non-hydrogen) atoms. The molecule has 9 nitrogen and oxygen atoms in total. The summed E-state index contributed by atoms with van der Waals surface area (Å²) >= 11 is 0. The number of nitrogens with zero attached hydrogens (tertiary/aromatic N) is 5. The first-order valence-electron chi connectivity index (χ1n) is 6.88. The lowest BCUT2D eigenvalue weighted by atomic mass is 10.3. The van der Waals surface area contributed by atoms with E-state index in [1.54, 1.807) is 12.5 Å². The Labute approximate surface area is 128 Å². The van der Waals surface area contributed by atoms with Gasteiger partial charge in [0.05, 0.1) is 31.5 Å². The van der Waals surface area contributed by atoms with Gasteiger partial charge in [-0.1, -0.05) is 0 Å². The van der Waals surface area contributed by atoms with Gasteiger partial charge in [0.2, 0.25) is 16.0 Å². The average Bonchev–Trinajstić information content (AvgIpc) is 2.86. The maximum absolute atomic E-state index is 11.6. The van der Waals surface area contributed by atoms with Crippen LogP contribution in [0.15, 0.2) is 12.5 Å². The number of hydrogen-bond acceptors (Lipinski definition) is 7. The van der Waals surface area contributed by atoms with Crippen molar-refractivity contribution in [2.45, 2.75) is 6.10 Å². The van der Waals surface area contributed by atoms with Gasteiger partial charge >= 0.3 is 0 Å². The summed E-state index contributed by atoms with van der Waals surface area (Å²) in [7, 11) is -1.32. The van der Waals surface area contributed by atoms with E-state index in [0.717, 1.165) is 11.2 Å². The summed E-state index contributed by atoms with van der Waals surface area (Å²) in [5.74, 6) is 0.469. The van der Waals surface area contributed by atoms with Crippen molar-refractivity contribution in [3.05, 3.63) is 12.5 Å². The second kappa shape index (κ2) is 5.78. The van der Waals surface area contributed by atoms with Crippen molar-refractivity contribution in [3.63, 3.8) is 0 Å². The summed E-state index contributed by atoms with van der Waals surface area (Å²) in [4.78, 5) is 12.7. The van der Waals surface area contributed by atoms with Crippen molar-refractivity contribution < 1.29 is 13.2 Å². The van der Waals surface area contributed by atoms with Crippen molar-refractivity contribution in [2.24, 2.45) is 7.05 Å². The average molecular weight is 326 g/mol. The second-order valence-electron chi connectivity index (χ2n) is 5.25. The van der Waals surface area contributed by atoms with Crippen LogP contribution in [-0.4, -0.2) is 70.8 Å². The molecule has 0 bridgehead atoms. The summed E-state index contributed by atoms with van der Waals surface area (Å²) in [6.07, 6.45) is 4.31. The largest absolute Gasteiger partial charge is 0.374 e. The fourth-order valence-corrected chi connectivity index (χ4v) is 3.17. The lowest BCUT2D eigenvalue weighted by Crippen LogP contribution is -2.47. The van der Waals surface area contributed by atoms with Crippen LogP contribution >= 0.6 is 0 Å². The van der Waals surface area contributed by atoms with Crippen LogP contribution in [-0.2, 0) is 21.8 Å². The fraction of sp³-hybridized carbons (Fsp3) is 0.583. The van der Waals surface area contributed by atoms with E-state index in [0.29, 0.717) is 32.2 Å². The Balaban J connectivity index is 1.64. The zero-order chi connectivity index (χ0) is 15.7. The maximum Gasteiger partial charge on any atom is 0.224 e. The number of rotatable bonds is 4. The third kappa shape index (κ3) is 3.18. The van der Waals surface area contributed by atoms with Gasteiger partial charge < -0.3 is 14.6 Å². The molecule has 3 rings (SSSR count). The molecule has 1 aliphatic rings. The van der Waals surface area contributed by atoms with Crippen molar-refractivity contribution in [3.8, 4) is 0 Å². The third-order valence-electron chi connectivity index (χ3n) is 3.51. The molecule has 10 heteroatoms. The second-order valence-corrected chi connectivity index (χ2v) is 7.24. The highest BCUT2D eigenvalue weighted by molar-refractivity contribution is 7.88. The van der Waals surface area contributed by atoms with Crippen molar-refractivity contribution in [2.75, 3.05) is 37.8 Å². The summed E-state index contributed by atoms with van der Waals surface area (Å²) in [6, 6.07) is 0. The molecule has 0 spiro atoms. The van der Waals surface area contributed by atoms with E-state index in [1.165, 1.54) is 10.6 Å². The minimum Gasteiger partial charge on any atom is -0.374 e. The van der Waals surface area contributed by atoms with Gasteiger partial charge in [-0.15, -0.1) is 0 Å². The molecular formula is C12H18N6O3S. The van der Waals surface area contributed by atoms with Crippen LogP contribution in [0.5, 0.6) is 0 Å². The van der Waals surface area contributed by atoms with E-state index >= 15 is 0 Å². The molecule has 1 aliphatic heterocycles. The summed E-state index contributed by atoms with van der Waals surface area (Å²) in [6.45, 7) is 1.56. The highest BCUT2D eigenvalue weighted by atomic mass is 32.2. The Morgan fingerprint density at radius 3 is 3.05 bits per heavy atom. The Kier molecular flexibility index (Phi) is 3.98. The van der Waals surface area contributed by atoms with E-state index in [-0.39, 0.29) is 6.10 Å². The smallest absolute Gasteiger partial charge is 0.224 e. The number of imidazole rings is 1. The van der Waals surface area contributed by atoms with Crippen LogP contribution in [0.4, 0.5) is 5.95 Å². The lowest BCUT2D eigenvalue weighted by Gasteiger charge is -2.31. The molecule has 1 N–H and O–H groups in total. The van der Waals surface area contributed by atoms with Gasteiger partial charge in [-0.2, -0.15) is 9.29 Å². The van der Waals surface area contributed by atoms with Crippen LogP contribution < -0.4 is 5.32 Å². The van der Waals surface area contributed by atoms with Crippen molar-refractivity contribution >= 4 is 27.1 Å². The third-order valence-corrected chi connectivity index (χ3v) is 4.78. The molecule has 3 heterocycles. The molecule has 2 aromatic heterocycles. The highest BCUT2D eigenvalue weighted by Gasteiger charge is 2.26. The van der Waals surface area contributed by atoms with Crippen LogP contribution in [0.25, 0.3) is 11.2 Å². The van der Waals surface area contributed by atoms with Gasteiger partial charge in [-0.25, -0.2) is 18.4 Å². The Morgan fingerprint density at radius 1 is 1.45 bits per heavy atom. The predicted octanol–water partition coefficient (Wildman–Crippen LogP) is -0.564. The minimum atomic E-state index is -3.19. The molecule has 1 unspecified atom stereocenters. The quantitative estimate of drug-likeness (QED) is 0.803. The number of hydrogen-bond donors (Lipinski definition) is 1. The van der Waals surface area contributed by atoms with Gasteiger partial charge in [0.25, 0.3) is 0 Å². The van der Waals surface area contributed by atoms with E-state index in [1.807, 2.05) is 11.6 Å². The number of nitrogens with one attached hydrogen (secondary N) is 1. The van der Waals surface area contributed by atoms with E-state index in [9.17, 15) is 8.42 Å². The predicted molar refractivity (Wildman–Crippen MR) is 81.0 cm³/mol. The first-order valence-corrected chi connectivity index (χ1v) is 8.73. The molecule has 0 radical (unpaired) electrons. The standard InChI is InChI=1S/C12H18N6O3S/c1-17-8-15-10-6-14-12(16-11(10)17)13-5-9-7-18(3-4-21-9)22(2,19)20/h6,8-9H,3-5,7H2,1-2H3,(H,13,14,16). The highest BCUT2D eigenvalue weighted by Crippen LogP contribution is 2.12. The van der Waals surface area contributed by atoms with E-state index < -0.39 is 10.0 Å². The molecule has 2 aromatic rings. The molecule has 120 valence electrons. The minimum absolute atomic E-state index is 0.227. The van der Waals surface area contributed by atoms with Crippen molar-refractivity contribution in [1.82, 2.24) is 23.8 Å². The van der Waals surface area contributed by atoms with Crippen molar-refractivity contribution in [1.29, 1.82) is 0 Å². The molecule has 0 aromatic carbocycles. The molecule has 1 atom stereocenters. The van der Waals surface area contributed by atoms with E-state index in [4.69, 9.17) is 4.74 Å². The van der Waals surface area contributed by atoms with Gasteiger partial charge in [-0.05, 0) is 0 Å². The zero-order valence-electron chi connectivity index (χ0n) is 12.4. The zero-order valence-corrected chi connectivity index (χ0v) is 13.2. The number of ether oxygens (including phenoxy) is 1. The number of sulfonamides is 1. The number of fused-ring (bicyclic) bond motifs is 1. The van der Waals surface area contributed by atoms with Crippen LogP contribution in [0, 0.1) is 0 Å². The van der Waals surface area contributed by atoms with Gasteiger partial charge in [0, 0.05) is 26.7 Å². The summed E-state index contributed by atoms with van der Waals surface area (Å²) < 4.78 is 32.0. The van der Waals surface area contributed by atoms with Gasteiger partial charge in [0.1, 0.15) is 5.52 Å². The van der Waals surface area contributed by atoms with Gasteiger partial charge in [0.15, 0.2) is 5.65 Å². The molecule has 1 saturated heterocycles. The Morgan fingerprint density at radius 2 is 2.27 bits per heavy atom. The van der Waals surface area contributed by atoms with Crippen LogP contribution in [0.3, 0.4) is 0 Å². The fourth-order valence-electron chi connectivity index (χ4n) is 2.33. The van der Waals surface area contributed by atoms with Crippen LogP contribution in [0.2, 0.25) is 0 Å². The topological polar surface area (TPSA) is 102 Å². The normalized spacial score (nSPS) is 20.4. The molecule has 0 amide bonds. The Hall–Kier alpha value is -1.78. The lowest BCUT2D eigenvalue weighted by molar-refractivity contribution is 0.00696. The monoisotopic (exact) mass is 326 g/mol. The first kappa shape index (κ1) is 15.1. The summed E-state index contributed by atoms with van der Waals surface area (Å²) in [5, 5.41) is 3.09.